The molecule has 2 N–H and O–H groups in total. The molecule has 2 aromatic heterocycles. The minimum absolute atomic E-state index is 0.137. The van der Waals surface area contributed by atoms with E-state index in [1.165, 1.54) is 4.68 Å². The number of fused-ring (bicyclic) bond motifs is 1. The number of hydrogen-bond donors (Lipinski definition) is 2. The Balaban J connectivity index is 1.40. The maximum atomic E-state index is 12.2. The fourth-order valence-electron chi connectivity index (χ4n) is 2.79. The van der Waals surface area contributed by atoms with E-state index in [2.05, 4.69) is 15.4 Å². The molecule has 0 unspecified atom stereocenters. The third kappa shape index (κ3) is 2.95. The number of amides is 1. The largest absolute Gasteiger partial charge is 0.361 e. The highest BCUT2D eigenvalue weighted by Gasteiger charge is 2.25. The summed E-state index contributed by atoms with van der Waals surface area (Å²) in [7, 11) is 0. The van der Waals surface area contributed by atoms with Gasteiger partial charge in [0.25, 0.3) is 11.5 Å². The van der Waals surface area contributed by atoms with E-state index in [0.29, 0.717) is 24.6 Å². The van der Waals surface area contributed by atoms with Crippen LogP contribution in [-0.4, -0.2) is 27.2 Å². The van der Waals surface area contributed by atoms with Crippen molar-refractivity contribution in [3.63, 3.8) is 0 Å². The molecule has 1 fully saturated rings. The fraction of sp³-hybridized carbons (Fsp3) is 0.278. The van der Waals surface area contributed by atoms with Crippen molar-refractivity contribution >= 4 is 16.8 Å². The predicted octanol–water partition coefficient (Wildman–Crippen LogP) is 2.03. The van der Waals surface area contributed by atoms with Crippen LogP contribution in [0.1, 0.15) is 34.8 Å². The van der Waals surface area contributed by atoms with Crippen molar-refractivity contribution in [2.24, 2.45) is 0 Å². The van der Waals surface area contributed by atoms with Crippen molar-refractivity contribution in [2.45, 2.75) is 25.3 Å². The summed E-state index contributed by atoms with van der Waals surface area (Å²) in [4.78, 5) is 27.2. The summed E-state index contributed by atoms with van der Waals surface area (Å²) in [5.74, 6) is 0.351. The topological polar surface area (TPSA) is 79.8 Å². The molecule has 3 aromatic rings. The Kier molecular flexibility index (Phi) is 3.65. The minimum atomic E-state index is -0.149. The number of carbonyl (C=O) groups excluding carboxylic acids is 1. The van der Waals surface area contributed by atoms with Gasteiger partial charge in [-0.3, -0.25) is 9.59 Å². The molecular formula is C18H18N4O2. The first-order valence-corrected chi connectivity index (χ1v) is 8.14. The van der Waals surface area contributed by atoms with Crippen molar-refractivity contribution in [1.82, 2.24) is 20.1 Å². The van der Waals surface area contributed by atoms with E-state index in [1.54, 1.807) is 18.2 Å². The number of nitrogens with one attached hydrogen (secondary N) is 2. The lowest BCUT2D eigenvalue weighted by Gasteiger charge is -2.08. The van der Waals surface area contributed by atoms with Crippen molar-refractivity contribution in [2.75, 3.05) is 6.54 Å². The highest BCUT2D eigenvalue weighted by atomic mass is 16.1. The van der Waals surface area contributed by atoms with Crippen molar-refractivity contribution in [3.8, 4) is 0 Å². The van der Waals surface area contributed by atoms with Gasteiger partial charge in [-0.2, -0.15) is 5.10 Å². The van der Waals surface area contributed by atoms with Crippen LogP contribution in [0.5, 0.6) is 0 Å². The summed E-state index contributed by atoms with van der Waals surface area (Å²) in [5, 5.41) is 8.23. The third-order valence-electron chi connectivity index (χ3n) is 4.31. The molecule has 122 valence electrons. The molecule has 0 aliphatic heterocycles. The zero-order valence-electron chi connectivity index (χ0n) is 13.2. The molecular weight excluding hydrogens is 304 g/mol. The predicted molar refractivity (Wildman–Crippen MR) is 91.1 cm³/mol. The van der Waals surface area contributed by atoms with Crippen LogP contribution in [0.4, 0.5) is 0 Å². The first kappa shape index (κ1) is 14.7. The van der Waals surface area contributed by atoms with Gasteiger partial charge < -0.3 is 10.3 Å². The molecule has 24 heavy (non-hydrogen) atoms. The van der Waals surface area contributed by atoms with Crippen LogP contribution in [0, 0.1) is 0 Å². The van der Waals surface area contributed by atoms with Crippen LogP contribution in [0.3, 0.4) is 0 Å². The summed E-state index contributed by atoms with van der Waals surface area (Å²) < 4.78 is 1.43. The van der Waals surface area contributed by atoms with Crippen LogP contribution < -0.4 is 10.9 Å². The number of H-pyrrole nitrogens is 1. The normalized spacial score (nSPS) is 14.0. The standard InChI is InChI=1S/C18H18N4O2/c23-17-6-5-16(12-1-2-12)21-22(17)10-9-20-18(24)14-3-4-15-13(11-14)7-8-19-15/h3-8,11-12,19H,1-2,9-10H2,(H,20,24). The molecule has 0 spiro atoms. The van der Waals surface area contributed by atoms with E-state index >= 15 is 0 Å². The smallest absolute Gasteiger partial charge is 0.266 e. The van der Waals surface area contributed by atoms with Crippen molar-refractivity contribution in [3.05, 3.63) is 64.2 Å². The van der Waals surface area contributed by atoms with Crippen LogP contribution in [0.25, 0.3) is 10.9 Å². The number of aromatic amines is 1. The third-order valence-corrected chi connectivity index (χ3v) is 4.31. The molecule has 6 heteroatoms. The number of rotatable bonds is 5. The Bertz CT molecular complexity index is 953. The second kappa shape index (κ2) is 5.96. The highest BCUT2D eigenvalue weighted by molar-refractivity contribution is 5.98. The van der Waals surface area contributed by atoms with E-state index < -0.39 is 0 Å². The number of nitrogens with zero attached hydrogens (tertiary/aromatic N) is 2. The Morgan fingerprint density at radius 3 is 2.96 bits per heavy atom. The zero-order valence-corrected chi connectivity index (χ0v) is 13.2. The number of hydrogen-bond acceptors (Lipinski definition) is 3. The quantitative estimate of drug-likeness (QED) is 0.754. The lowest BCUT2D eigenvalue weighted by Crippen LogP contribution is -2.32. The van der Waals surface area contributed by atoms with Crippen molar-refractivity contribution in [1.29, 1.82) is 0 Å². The molecule has 1 aliphatic rings. The summed E-state index contributed by atoms with van der Waals surface area (Å²) in [5.41, 5.74) is 2.44. The Hall–Kier alpha value is -2.89. The second-order valence-corrected chi connectivity index (χ2v) is 6.13. The lowest BCUT2D eigenvalue weighted by molar-refractivity contribution is 0.0952. The molecule has 2 heterocycles. The monoisotopic (exact) mass is 322 g/mol. The SMILES string of the molecule is O=C(NCCn1nc(C2CC2)ccc1=O)c1ccc2[nH]ccc2c1. The molecule has 1 amide bonds. The van der Waals surface area contributed by atoms with Crippen LogP contribution in [0.2, 0.25) is 0 Å². The highest BCUT2D eigenvalue weighted by Crippen LogP contribution is 2.38. The Morgan fingerprint density at radius 1 is 1.25 bits per heavy atom. The van der Waals surface area contributed by atoms with Gasteiger partial charge in [-0.15, -0.1) is 0 Å². The molecule has 0 radical (unpaired) electrons. The molecule has 1 saturated carbocycles. The summed E-state index contributed by atoms with van der Waals surface area (Å²) in [6.45, 7) is 0.739. The fourth-order valence-corrected chi connectivity index (χ4v) is 2.79. The summed E-state index contributed by atoms with van der Waals surface area (Å²) in [6, 6.07) is 10.8. The van der Waals surface area contributed by atoms with Crippen LogP contribution in [0.15, 0.2) is 47.4 Å². The lowest BCUT2D eigenvalue weighted by atomic mass is 10.1. The molecule has 6 nitrogen and oxygen atoms in total. The molecule has 0 atom stereocenters. The van der Waals surface area contributed by atoms with Gasteiger partial charge in [0.05, 0.1) is 12.2 Å². The number of benzene rings is 1. The average molecular weight is 322 g/mol. The Morgan fingerprint density at radius 2 is 2.12 bits per heavy atom. The van der Waals surface area contributed by atoms with Gasteiger partial charge in [0, 0.05) is 41.2 Å². The van der Waals surface area contributed by atoms with Gasteiger partial charge in [0.15, 0.2) is 0 Å². The molecule has 4 rings (SSSR count). The summed E-state index contributed by atoms with van der Waals surface area (Å²) in [6.07, 6.45) is 4.13. The van der Waals surface area contributed by atoms with Gasteiger partial charge >= 0.3 is 0 Å². The van der Waals surface area contributed by atoms with E-state index in [-0.39, 0.29) is 11.5 Å². The second-order valence-electron chi connectivity index (χ2n) is 6.13. The van der Waals surface area contributed by atoms with Gasteiger partial charge in [0.2, 0.25) is 0 Å². The zero-order chi connectivity index (χ0) is 16.5. The molecule has 0 bridgehead atoms. The first-order valence-electron chi connectivity index (χ1n) is 8.14. The van der Waals surface area contributed by atoms with E-state index in [1.807, 2.05) is 24.4 Å². The molecule has 1 aliphatic carbocycles. The average Bonchev–Trinajstić information content (AvgIpc) is 3.33. The van der Waals surface area contributed by atoms with Crippen LogP contribution >= 0.6 is 0 Å². The Labute approximate surface area is 138 Å². The van der Waals surface area contributed by atoms with Gasteiger partial charge in [-0.25, -0.2) is 4.68 Å². The maximum absolute atomic E-state index is 12.2. The van der Waals surface area contributed by atoms with Crippen molar-refractivity contribution < 1.29 is 4.79 Å². The van der Waals surface area contributed by atoms with E-state index in [4.69, 9.17) is 0 Å². The van der Waals surface area contributed by atoms with E-state index in [9.17, 15) is 9.59 Å². The summed E-state index contributed by atoms with van der Waals surface area (Å²) >= 11 is 0. The number of carbonyl (C=O) groups is 1. The molecule has 0 saturated heterocycles. The van der Waals surface area contributed by atoms with Gasteiger partial charge in [-0.1, -0.05) is 0 Å². The van der Waals surface area contributed by atoms with E-state index in [0.717, 1.165) is 29.4 Å². The van der Waals surface area contributed by atoms with Gasteiger partial charge in [-0.05, 0) is 43.2 Å². The molecule has 1 aromatic carbocycles. The van der Waals surface area contributed by atoms with Gasteiger partial charge in [0.1, 0.15) is 0 Å². The maximum Gasteiger partial charge on any atom is 0.266 e. The minimum Gasteiger partial charge on any atom is -0.361 e. The first-order chi connectivity index (χ1) is 11.7. The van der Waals surface area contributed by atoms with Crippen LogP contribution in [-0.2, 0) is 6.54 Å². The number of aromatic nitrogens is 3.